The van der Waals surface area contributed by atoms with Gasteiger partial charge in [0.25, 0.3) is 5.91 Å². The van der Waals surface area contributed by atoms with Crippen molar-refractivity contribution in [2.45, 2.75) is 39.0 Å². The fourth-order valence-corrected chi connectivity index (χ4v) is 4.45. The number of unbranched alkanes of at least 4 members (excludes halogenated alkanes) is 1. The second kappa shape index (κ2) is 16.4. The topological polar surface area (TPSA) is 177 Å². The Bertz CT molecular complexity index is 1490. The Kier molecular flexibility index (Phi) is 12.5. The molecule has 0 unspecified atom stereocenters. The second-order valence-electron chi connectivity index (χ2n) is 10.2. The van der Waals surface area contributed by atoms with E-state index in [1.807, 2.05) is 0 Å². The Morgan fingerprint density at radius 3 is 2.14 bits per heavy atom. The fourth-order valence-electron chi connectivity index (χ4n) is 4.45. The number of carbonyl (C=O) groups excluding carboxylic acids is 3. The van der Waals surface area contributed by atoms with Crippen LogP contribution in [0.5, 0.6) is 28.7 Å². The minimum Gasteiger partial charge on any atom is -0.508 e. The molecule has 0 aromatic heterocycles. The van der Waals surface area contributed by atoms with Gasteiger partial charge in [-0.1, -0.05) is 18.2 Å². The summed E-state index contributed by atoms with van der Waals surface area (Å²) in [5, 5.41) is 48.5. The lowest BCUT2D eigenvalue weighted by molar-refractivity contribution is -0.121. The maximum absolute atomic E-state index is 13.5. The van der Waals surface area contributed by atoms with Gasteiger partial charge in [0, 0.05) is 38.6 Å². The highest BCUT2D eigenvalue weighted by atomic mass is 16.5. The van der Waals surface area contributed by atoms with Gasteiger partial charge in [-0.3, -0.25) is 14.4 Å². The van der Waals surface area contributed by atoms with E-state index >= 15 is 0 Å². The molecular weight excluding hydrogens is 566 g/mol. The van der Waals surface area contributed by atoms with Crippen molar-refractivity contribution in [2.75, 3.05) is 26.7 Å². The minimum atomic E-state index is -0.457. The molecule has 0 heterocycles. The number of hydrogen-bond acceptors (Lipinski definition) is 8. The summed E-state index contributed by atoms with van der Waals surface area (Å²) in [6.45, 7) is 2.62. The van der Waals surface area contributed by atoms with E-state index in [9.17, 15) is 34.8 Å². The number of methoxy groups -OCH3 is 1. The van der Waals surface area contributed by atoms with Crippen molar-refractivity contribution in [3.05, 3.63) is 76.9 Å². The molecule has 3 rings (SSSR count). The molecular formula is C33H39N3O8. The van der Waals surface area contributed by atoms with Gasteiger partial charge in [-0.15, -0.1) is 0 Å². The van der Waals surface area contributed by atoms with Gasteiger partial charge in [0.1, 0.15) is 5.75 Å². The van der Waals surface area contributed by atoms with Crippen molar-refractivity contribution >= 4 is 29.4 Å². The van der Waals surface area contributed by atoms with Crippen molar-refractivity contribution in [1.82, 2.24) is 16.0 Å². The third-order valence-corrected chi connectivity index (χ3v) is 6.81. The lowest BCUT2D eigenvalue weighted by Gasteiger charge is -2.16. The van der Waals surface area contributed by atoms with Crippen molar-refractivity contribution < 1.29 is 39.5 Å². The lowest BCUT2D eigenvalue weighted by atomic mass is 9.93. The van der Waals surface area contributed by atoms with Crippen LogP contribution in [0.25, 0.3) is 11.6 Å². The van der Waals surface area contributed by atoms with Crippen LogP contribution >= 0.6 is 0 Å². The first-order chi connectivity index (χ1) is 21.1. The lowest BCUT2D eigenvalue weighted by Crippen LogP contribution is -2.27. The molecule has 3 amide bonds. The van der Waals surface area contributed by atoms with Gasteiger partial charge in [-0.05, 0) is 90.4 Å². The minimum absolute atomic E-state index is 0.0534. The van der Waals surface area contributed by atoms with Crippen molar-refractivity contribution in [1.29, 1.82) is 0 Å². The molecule has 0 fully saturated rings. The number of carbonyl (C=O) groups is 3. The van der Waals surface area contributed by atoms with E-state index < -0.39 is 11.7 Å². The molecule has 0 saturated carbocycles. The Labute approximate surface area is 256 Å². The predicted octanol–water partition coefficient (Wildman–Crippen LogP) is 3.38. The average Bonchev–Trinajstić information content (AvgIpc) is 2.99. The second-order valence-corrected chi connectivity index (χ2v) is 10.2. The number of benzene rings is 3. The first kappa shape index (κ1) is 33.3. The van der Waals surface area contributed by atoms with Crippen LogP contribution in [0.1, 0.15) is 48.4 Å². The van der Waals surface area contributed by atoms with E-state index in [0.29, 0.717) is 55.6 Å². The zero-order valence-corrected chi connectivity index (χ0v) is 24.9. The molecule has 0 aliphatic heterocycles. The molecule has 11 nitrogen and oxygen atoms in total. The summed E-state index contributed by atoms with van der Waals surface area (Å²) in [6.07, 6.45) is 3.62. The SMILES string of the molecule is COc1cc(C=C(C(=O)NCCCCNC(C)=O)c2cc(O)c(O)cc2CCC(=O)NCCc2ccc(O)cc2)ccc1O. The molecule has 234 valence electrons. The van der Waals surface area contributed by atoms with Gasteiger partial charge in [-0.25, -0.2) is 0 Å². The zero-order valence-electron chi connectivity index (χ0n) is 24.9. The Morgan fingerprint density at radius 2 is 1.45 bits per heavy atom. The first-order valence-corrected chi connectivity index (χ1v) is 14.3. The third-order valence-electron chi connectivity index (χ3n) is 6.81. The van der Waals surface area contributed by atoms with Gasteiger partial charge in [0.05, 0.1) is 7.11 Å². The largest absolute Gasteiger partial charge is 0.508 e. The normalized spacial score (nSPS) is 11.1. The van der Waals surface area contributed by atoms with E-state index in [2.05, 4.69) is 16.0 Å². The van der Waals surface area contributed by atoms with Crippen LogP contribution in [0.3, 0.4) is 0 Å². The predicted molar refractivity (Wildman–Crippen MR) is 166 cm³/mol. The standard InChI is InChI=1S/C33H39N3O8/c1-21(37)34-14-3-4-15-36-33(43)27(17-23-7-11-28(39)31(18-23)44-2)26-20-30(41)29(40)19-24(26)8-12-32(42)35-16-13-22-5-9-25(38)10-6-22/h5-7,9-11,17-20,38-41H,3-4,8,12-16H2,1-2H3,(H,34,37)(H,35,42)(H,36,43). The molecule has 0 saturated heterocycles. The molecule has 0 spiro atoms. The third kappa shape index (κ3) is 10.3. The van der Waals surface area contributed by atoms with Crippen molar-refractivity contribution in [3.63, 3.8) is 0 Å². The molecule has 11 heteroatoms. The van der Waals surface area contributed by atoms with Crippen LogP contribution in [0.4, 0.5) is 0 Å². The van der Waals surface area contributed by atoms with Crippen molar-refractivity contribution in [2.24, 2.45) is 0 Å². The molecule has 0 radical (unpaired) electrons. The van der Waals surface area contributed by atoms with E-state index in [0.717, 1.165) is 5.56 Å². The average molecular weight is 606 g/mol. The maximum Gasteiger partial charge on any atom is 0.251 e. The Hall–Kier alpha value is -5.19. The monoisotopic (exact) mass is 605 g/mol. The summed E-state index contributed by atoms with van der Waals surface area (Å²) in [5.41, 5.74) is 2.43. The number of aryl methyl sites for hydroxylation is 1. The summed E-state index contributed by atoms with van der Waals surface area (Å²) in [4.78, 5) is 37.3. The van der Waals surface area contributed by atoms with Crippen molar-refractivity contribution in [3.8, 4) is 28.7 Å². The number of phenols is 4. The van der Waals surface area contributed by atoms with Gasteiger partial charge in [0.15, 0.2) is 23.0 Å². The van der Waals surface area contributed by atoms with Crippen LogP contribution < -0.4 is 20.7 Å². The summed E-state index contributed by atoms with van der Waals surface area (Å²) >= 11 is 0. The number of amides is 3. The number of rotatable bonds is 15. The Balaban J connectivity index is 1.81. The highest BCUT2D eigenvalue weighted by Gasteiger charge is 2.20. The molecule has 7 N–H and O–H groups in total. The van der Waals surface area contributed by atoms with Gasteiger partial charge in [-0.2, -0.15) is 0 Å². The van der Waals surface area contributed by atoms with Crippen LogP contribution in [-0.2, 0) is 27.2 Å². The summed E-state index contributed by atoms with van der Waals surface area (Å²) in [6, 6.07) is 13.9. The smallest absolute Gasteiger partial charge is 0.251 e. The Morgan fingerprint density at radius 1 is 0.773 bits per heavy atom. The number of aromatic hydroxyl groups is 4. The summed E-state index contributed by atoms with van der Waals surface area (Å²) in [7, 11) is 1.41. The molecule has 0 aliphatic rings. The summed E-state index contributed by atoms with van der Waals surface area (Å²) in [5.74, 6) is -1.35. The molecule has 0 atom stereocenters. The highest BCUT2D eigenvalue weighted by Crippen LogP contribution is 2.35. The van der Waals surface area contributed by atoms with E-state index in [1.54, 1.807) is 42.5 Å². The fraction of sp³-hybridized carbons (Fsp3) is 0.303. The quantitative estimate of drug-likeness (QED) is 0.0597. The van der Waals surface area contributed by atoms with Crippen LogP contribution in [0, 0.1) is 0 Å². The van der Waals surface area contributed by atoms with Gasteiger partial charge >= 0.3 is 0 Å². The van der Waals surface area contributed by atoms with Crippen LogP contribution in [0.15, 0.2) is 54.6 Å². The number of ether oxygens (including phenoxy) is 1. The highest BCUT2D eigenvalue weighted by molar-refractivity contribution is 6.24. The molecule has 3 aromatic carbocycles. The van der Waals surface area contributed by atoms with E-state index in [-0.39, 0.29) is 53.2 Å². The van der Waals surface area contributed by atoms with Crippen LogP contribution in [-0.4, -0.2) is 64.9 Å². The van der Waals surface area contributed by atoms with Crippen LogP contribution in [0.2, 0.25) is 0 Å². The zero-order chi connectivity index (χ0) is 32.1. The van der Waals surface area contributed by atoms with Gasteiger partial charge < -0.3 is 41.1 Å². The van der Waals surface area contributed by atoms with E-state index in [1.165, 1.54) is 32.2 Å². The molecule has 0 bridgehead atoms. The maximum atomic E-state index is 13.5. The summed E-state index contributed by atoms with van der Waals surface area (Å²) < 4.78 is 5.20. The van der Waals surface area contributed by atoms with E-state index in [4.69, 9.17) is 4.74 Å². The molecule has 0 aliphatic carbocycles. The number of nitrogens with one attached hydrogen (secondary N) is 3. The van der Waals surface area contributed by atoms with Gasteiger partial charge in [0.2, 0.25) is 11.8 Å². The molecule has 3 aromatic rings. The first-order valence-electron chi connectivity index (χ1n) is 14.3. The number of hydrogen-bond donors (Lipinski definition) is 7. The molecule has 44 heavy (non-hydrogen) atoms. The number of phenolic OH excluding ortho intramolecular Hbond substituents is 4.